The number of benzene rings is 1. The van der Waals surface area contributed by atoms with Gasteiger partial charge in [0.25, 0.3) is 0 Å². The first kappa shape index (κ1) is 15.8. The smallest absolute Gasteiger partial charge is 0.161 e. The van der Waals surface area contributed by atoms with Gasteiger partial charge in [0.15, 0.2) is 11.5 Å². The zero-order valence-corrected chi connectivity index (χ0v) is 13.6. The molecule has 0 amide bonds. The predicted molar refractivity (Wildman–Crippen MR) is 86.3 cm³/mol. The Morgan fingerprint density at radius 3 is 2.52 bits per heavy atom. The van der Waals surface area contributed by atoms with Crippen LogP contribution in [0, 0.1) is 0 Å². The number of nitrogens with zero attached hydrogens (tertiary/aromatic N) is 1. The molecule has 114 valence electrons. The summed E-state index contributed by atoms with van der Waals surface area (Å²) in [5.74, 6) is 1.92. The van der Waals surface area contributed by atoms with E-state index in [2.05, 4.69) is 18.8 Å². The van der Waals surface area contributed by atoms with E-state index >= 15 is 0 Å². The maximum atomic E-state index is 5.79. The van der Waals surface area contributed by atoms with Crippen LogP contribution in [0.25, 0.3) is 0 Å². The minimum absolute atomic E-state index is 0.406. The van der Waals surface area contributed by atoms with Crippen molar-refractivity contribution in [3.05, 3.63) is 39.8 Å². The Hall–Kier alpha value is -1.59. The molecule has 0 aliphatic rings. The molecule has 0 radical (unpaired) electrons. The van der Waals surface area contributed by atoms with E-state index in [1.807, 2.05) is 24.3 Å². The minimum atomic E-state index is 0.406. The molecule has 2 N–H and O–H groups in total. The Morgan fingerprint density at radius 1 is 1.24 bits per heavy atom. The molecule has 1 aromatic carbocycles. The third-order valence-electron chi connectivity index (χ3n) is 3.15. The molecule has 0 unspecified atom stereocenters. The standard InChI is InChI=1S/C16H22N2O2S/c1-11(2)16-14(10-17)21-15(18-16)8-9-20-13-7-5-4-6-12(13)19-3/h4-7,11H,8-10,17H2,1-3H3. The summed E-state index contributed by atoms with van der Waals surface area (Å²) in [4.78, 5) is 5.86. The fourth-order valence-corrected chi connectivity index (χ4v) is 3.19. The molecule has 0 aliphatic carbocycles. The Morgan fingerprint density at radius 2 is 1.95 bits per heavy atom. The van der Waals surface area contributed by atoms with Crippen LogP contribution in [0.15, 0.2) is 24.3 Å². The first-order chi connectivity index (χ1) is 10.2. The van der Waals surface area contributed by atoms with Gasteiger partial charge in [0, 0.05) is 17.8 Å². The van der Waals surface area contributed by atoms with E-state index in [-0.39, 0.29) is 0 Å². The van der Waals surface area contributed by atoms with E-state index in [1.54, 1.807) is 18.4 Å². The zero-order valence-electron chi connectivity index (χ0n) is 12.8. The number of hydrogen-bond donors (Lipinski definition) is 1. The van der Waals surface area contributed by atoms with Gasteiger partial charge in [-0.15, -0.1) is 11.3 Å². The number of ether oxygens (including phenoxy) is 2. The number of aromatic nitrogens is 1. The van der Waals surface area contributed by atoms with E-state index in [0.29, 0.717) is 19.1 Å². The largest absolute Gasteiger partial charge is 0.493 e. The van der Waals surface area contributed by atoms with Crippen LogP contribution in [0.5, 0.6) is 11.5 Å². The van der Waals surface area contributed by atoms with Crippen molar-refractivity contribution in [3.63, 3.8) is 0 Å². The van der Waals surface area contributed by atoms with E-state index in [0.717, 1.165) is 28.6 Å². The molecule has 1 aromatic heterocycles. The van der Waals surface area contributed by atoms with Crippen molar-refractivity contribution in [1.82, 2.24) is 4.98 Å². The van der Waals surface area contributed by atoms with Crippen LogP contribution in [0.1, 0.15) is 35.3 Å². The van der Waals surface area contributed by atoms with Crippen molar-refractivity contribution < 1.29 is 9.47 Å². The number of rotatable bonds is 7. The quantitative estimate of drug-likeness (QED) is 0.852. The molecule has 1 heterocycles. The van der Waals surface area contributed by atoms with Crippen molar-refractivity contribution in [1.29, 1.82) is 0 Å². The molecule has 0 spiro atoms. The van der Waals surface area contributed by atoms with E-state index in [1.165, 1.54) is 4.88 Å². The average molecular weight is 306 g/mol. The second-order valence-electron chi connectivity index (χ2n) is 5.02. The van der Waals surface area contributed by atoms with Gasteiger partial charge in [-0.1, -0.05) is 26.0 Å². The topological polar surface area (TPSA) is 57.4 Å². The third-order valence-corrected chi connectivity index (χ3v) is 4.30. The Labute approximate surface area is 129 Å². The molecule has 0 saturated carbocycles. The number of methoxy groups -OCH3 is 1. The van der Waals surface area contributed by atoms with Crippen molar-refractivity contribution >= 4 is 11.3 Å². The van der Waals surface area contributed by atoms with Crippen molar-refractivity contribution in [3.8, 4) is 11.5 Å². The van der Waals surface area contributed by atoms with E-state index in [4.69, 9.17) is 15.2 Å². The summed E-state index contributed by atoms with van der Waals surface area (Å²) in [6, 6.07) is 7.66. The highest BCUT2D eigenvalue weighted by atomic mass is 32.1. The number of thiazole rings is 1. The molecule has 2 rings (SSSR count). The third kappa shape index (κ3) is 3.95. The van der Waals surface area contributed by atoms with Gasteiger partial charge in [-0.3, -0.25) is 0 Å². The van der Waals surface area contributed by atoms with Crippen LogP contribution in [-0.4, -0.2) is 18.7 Å². The summed E-state index contributed by atoms with van der Waals surface area (Å²) in [5, 5.41) is 1.08. The fourth-order valence-electron chi connectivity index (χ4n) is 2.10. The van der Waals surface area contributed by atoms with Crippen LogP contribution < -0.4 is 15.2 Å². The molecular formula is C16H22N2O2S. The lowest BCUT2D eigenvalue weighted by Crippen LogP contribution is -2.03. The first-order valence-corrected chi connectivity index (χ1v) is 7.91. The molecular weight excluding hydrogens is 284 g/mol. The number of hydrogen-bond acceptors (Lipinski definition) is 5. The lowest BCUT2D eigenvalue weighted by atomic mass is 10.1. The Bertz CT molecular complexity index is 581. The second-order valence-corrected chi connectivity index (χ2v) is 6.19. The first-order valence-electron chi connectivity index (χ1n) is 7.10. The predicted octanol–water partition coefficient (Wildman–Crippen LogP) is 3.36. The molecule has 0 saturated heterocycles. The molecule has 5 heteroatoms. The van der Waals surface area contributed by atoms with Gasteiger partial charge in [0.05, 0.1) is 24.4 Å². The average Bonchev–Trinajstić information content (AvgIpc) is 2.91. The van der Waals surface area contributed by atoms with Gasteiger partial charge in [0.1, 0.15) is 0 Å². The van der Waals surface area contributed by atoms with Gasteiger partial charge >= 0.3 is 0 Å². The van der Waals surface area contributed by atoms with Crippen LogP contribution in [0.4, 0.5) is 0 Å². The van der Waals surface area contributed by atoms with Crippen molar-refractivity contribution in [2.45, 2.75) is 32.7 Å². The summed E-state index contributed by atoms with van der Waals surface area (Å²) >= 11 is 1.69. The number of para-hydroxylation sites is 2. The highest BCUT2D eigenvalue weighted by Crippen LogP contribution is 2.27. The molecule has 0 bridgehead atoms. The monoisotopic (exact) mass is 306 g/mol. The number of nitrogens with two attached hydrogens (primary N) is 1. The SMILES string of the molecule is COc1ccccc1OCCc1nc(C(C)C)c(CN)s1. The normalized spacial score (nSPS) is 10.9. The maximum Gasteiger partial charge on any atom is 0.161 e. The molecule has 0 aliphatic heterocycles. The molecule has 4 nitrogen and oxygen atoms in total. The molecule has 0 atom stereocenters. The summed E-state index contributed by atoms with van der Waals surface area (Å²) in [6.07, 6.45) is 0.780. The van der Waals surface area contributed by atoms with Crippen LogP contribution >= 0.6 is 11.3 Å². The minimum Gasteiger partial charge on any atom is -0.493 e. The van der Waals surface area contributed by atoms with Gasteiger partial charge in [-0.25, -0.2) is 4.98 Å². The summed E-state index contributed by atoms with van der Waals surface area (Å²) in [5.41, 5.74) is 6.90. The van der Waals surface area contributed by atoms with Gasteiger partial charge < -0.3 is 15.2 Å². The lowest BCUT2D eigenvalue weighted by Gasteiger charge is -2.09. The molecule has 0 fully saturated rings. The fraction of sp³-hybridized carbons (Fsp3) is 0.438. The van der Waals surface area contributed by atoms with E-state index < -0.39 is 0 Å². The second kappa shape index (κ2) is 7.43. The van der Waals surface area contributed by atoms with Gasteiger partial charge in [0.2, 0.25) is 0 Å². The summed E-state index contributed by atoms with van der Waals surface area (Å²) in [6.45, 7) is 5.42. The summed E-state index contributed by atoms with van der Waals surface area (Å²) in [7, 11) is 1.64. The maximum absolute atomic E-state index is 5.79. The van der Waals surface area contributed by atoms with Gasteiger partial charge in [-0.05, 0) is 18.1 Å². The van der Waals surface area contributed by atoms with Gasteiger partial charge in [-0.2, -0.15) is 0 Å². The molecule has 2 aromatic rings. The Kier molecular flexibility index (Phi) is 5.59. The van der Waals surface area contributed by atoms with Crippen LogP contribution in [0.3, 0.4) is 0 Å². The van der Waals surface area contributed by atoms with Crippen LogP contribution in [-0.2, 0) is 13.0 Å². The lowest BCUT2D eigenvalue weighted by molar-refractivity contribution is 0.297. The summed E-state index contributed by atoms with van der Waals surface area (Å²) < 4.78 is 11.1. The van der Waals surface area contributed by atoms with Crippen LogP contribution in [0.2, 0.25) is 0 Å². The van der Waals surface area contributed by atoms with Crippen molar-refractivity contribution in [2.75, 3.05) is 13.7 Å². The highest BCUT2D eigenvalue weighted by molar-refractivity contribution is 7.11. The molecule has 21 heavy (non-hydrogen) atoms. The highest BCUT2D eigenvalue weighted by Gasteiger charge is 2.13. The Balaban J connectivity index is 1.97. The van der Waals surface area contributed by atoms with E-state index in [9.17, 15) is 0 Å². The van der Waals surface area contributed by atoms with Crippen molar-refractivity contribution in [2.24, 2.45) is 5.73 Å². The zero-order chi connectivity index (χ0) is 15.2.